The SMILES string of the molecule is N#Cc1ccnc(NCc2ccc(Br)s2)c1N. The highest BCUT2D eigenvalue weighted by molar-refractivity contribution is 9.11. The maximum atomic E-state index is 8.84. The summed E-state index contributed by atoms with van der Waals surface area (Å²) in [5.41, 5.74) is 6.64. The molecule has 0 aliphatic carbocycles. The smallest absolute Gasteiger partial charge is 0.150 e. The van der Waals surface area contributed by atoms with Crippen LogP contribution in [0, 0.1) is 11.3 Å². The van der Waals surface area contributed by atoms with E-state index in [9.17, 15) is 0 Å². The molecule has 3 N–H and O–H groups in total. The van der Waals surface area contributed by atoms with E-state index >= 15 is 0 Å². The molecule has 4 nitrogen and oxygen atoms in total. The Hall–Kier alpha value is -1.58. The van der Waals surface area contributed by atoms with E-state index in [0.717, 1.165) is 3.79 Å². The summed E-state index contributed by atoms with van der Waals surface area (Å²) in [6, 6.07) is 7.64. The minimum atomic E-state index is 0.394. The average molecular weight is 309 g/mol. The minimum absolute atomic E-state index is 0.394. The van der Waals surface area contributed by atoms with E-state index in [1.54, 1.807) is 23.6 Å². The van der Waals surface area contributed by atoms with Crippen molar-refractivity contribution in [3.8, 4) is 6.07 Å². The fourth-order valence-electron chi connectivity index (χ4n) is 1.33. The number of aromatic nitrogens is 1. The van der Waals surface area contributed by atoms with Crippen LogP contribution in [0.4, 0.5) is 11.5 Å². The maximum absolute atomic E-state index is 8.84. The molecule has 0 aliphatic rings. The molecule has 2 rings (SSSR count). The number of thiophene rings is 1. The van der Waals surface area contributed by atoms with Gasteiger partial charge in [-0.05, 0) is 34.1 Å². The number of nitrogens with one attached hydrogen (secondary N) is 1. The molecule has 0 bridgehead atoms. The molecule has 6 heteroatoms. The van der Waals surface area contributed by atoms with E-state index in [1.807, 2.05) is 18.2 Å². The number of halogens is 1. The van der Waals surface area contributed by atoms with Crippen LogP contribution in [-0.4, -0.2) is 4.98 Å². The lowest BCUT2D eigenvalue weighted by Crippen LogP contribution is -2.04. The third kappa shape index (κ3) is 2.75. The number of pyridine rings is 1. The molecule has 86 valence electrons. The highest BCUT2D eigenvalue weighted by Gasteiger charge is 2.06. The van der Waals surface area contributed by atoms with Gasteiger partial charge in [-0.15, -0.1) is 11.3 Å². The first-order chi connectivity index (χ1) is 8.20. The molecule has 2 aromatic rings. The van der Waals surface area contributed by atoms with Gasteiger partial charge in [-0.3, -0.25) is 0 Å². The van der Waals surface area contributed by atoms with Crippen LogP contribution in [0.5, 0.6) is 0 Å². The Labute approximate surface area is 111 Å². The van der Waals surface area contributed by atoms with Crippen LogP contribution >= 0.6 is 27.3 Å². The van der Waals surface area contributed by atoms with E-state index < -0.39 is 0 Å². The molecule has 0 spiro atoms. The second-order valence-electron chi connectivity index (χ2n) is 3.29. The van der Waals surface area contributed by atoms with Gasteiger partial charge in [0.2, 0.25) is 0 Å². The molecule has 0 aromatic carbocycles. The molecule has 0 aliphatic heterocycles. The summed E-state index contributed by atoms with van der Waals surface area (Å²) in [5, 5.41) is 12.0. The zero-order chi connectivity index (χ0) is 12.3. The Morgan fingerprint density at radius 2 is 2.29 bits per heavy atom. The first-order valence-electron chi connectivity index (χ1n) is 4.83. The van der Waals surface area contributed by atoms with Crippen LogP contribution < -0.4 is 11.1 Å². The second kappa shape index (κ2) is 5.17. The topological polar surface area (TPSA) is 74.7 Å². The largest absolute Gasteiger partial charge is 0.395 e. The number of nitriles is 1. The average Bonchev–Trinajstić information content (AvgIpc) is 2.74. The molecule has 0 saturated carbocycles. The van der Waals surface area contributed by atoms with Crippen LogP contribution in [0.2, 0.25) is 0 Å². The summed E-state index contributed by atoms with van der Waals surface area (Å²) in [6.45, 7) is 0.641. The summed E-state index contributed by atoms with van der Waals surface area (Å²) < 4.78 is 1.08. The Balaban J connectivity index is 2.12. The zero-order valence-corrected chi connectivity index (χ0v) is 11.2. The number of nitrogens with two attached hydrogens (primary N) is 1. The van der Waals surface area contributed by atoms with E-state index in [4.69, 9.17) is 11.0 Å². The molecule has 17 heavy (non-hydrogen) atoms. The van der Waals surface area contributed by atoms with Gasteiger partial charge in [0.15, 0.2) is 5.82 Å². The Morgan fingerprint density at radius 1 is 1.47 bits per heavy atom. The molecular formula is C11H9BrN4S. The van der Waals surface area contributed by atoms with Gasteiger partial charge in [0.05, 0.1) is 21.6 Å². The molecular weight excluding hydrogens is 300 g/mol. The first-order valence-corrected chi connectivity index (χ1v) is 6.44. The fraction of sp³-hybridized carbons (Fsp3) is 0.0909. The van der Waals surface area contributed by atoms with Crippen LogP contribution in [0.3, 0.4) is 0 Å². The van der Waals surface area contributed by atoms with Crippen molar-refractivity contribution in [2.45, 2.75) is 6.54 Å². The van der Waals surface area contributed by atoms with Crippen molar-refractivity contribution in [1.82, 2.24) is 4.98 Å². The quantitative estimate of drug-likeness (QED) is 0.914. The number of hydrogen-bond acceptors (Lipinski definition) is 5. The van der Waals surface area contributed by atoms with E-state index in [0.29, 0.717) is 23.6 Å². The molecule has 0 saturated heterocycles. The highest BCUT2D eigenvalue weighted by Crippen LogP contribution is 2.24. The van der Waals surface area contributed by atoms with Crippen molar-refractivity contribution in [2.24, 2.45) is 0 Å². The lowest BCUT2D eigenvalue weighted by Gasteiger charge is -2.07. The molecule has 0 atom stereocenters. The molecule has 0 amide bonds. The third-order valence-corrected chi connectivity index (χ3v) is 3.79. The molecule has 0 unspecified atom stereocenters. The molecule has 2 heterocycles. The second-order valence-corrected chi connectivity index (χ2v) is 5.84. The van der Waals surface area contributed by atoms with Crippen LogP contribution in [0.1, 0.15) is 10.4 Å². The van der Waals surface area contributed by atoms with Gasteiger partial charge in [-0.2, -0.15) is 5.26 Å². The molecule has 0 radical (unpaired) electrons. The fourth-order valence-corrected chi connectivity index (χ4v) is 2.75. The summed E-state index contributed by atoms with van der Waals surface area (Å²) in [7, 11) is 0. The Kier molecular flexibility index (Phi) is 3.61. The van der Waals surface area contributed by atoms with Crippen molar-refractivity contribution in [1.29, 1.82) is 5.26 Å². The van der Waals surface area contributed by atoms with Gasteiger partial charge in [-0.1, -0.05) is 0 Å². The lowest BCUT2D eigenvalue weighted by atomic mass is 10.2. The van der Waals surface area contributed by atoms with Gasteiger partial charge in [-0.25, -0.2) is 4.98 Å². The van der Waals surface area contributed by atoms with Gasteiger partial charge >= 0.3 is 0 Å². The first kappa shape index (κ1) is 11.9. The molecule has 2 aromatic heterocycles. The highest BCUT2D eigenvalue weighted by atomic mass is 79.9. The van der Waals surface area contributed by atoms with Crippen molar-refractivity contribution in [2.75, 3.05) is 11.1 Å². The standard InChI is InChI=1S/C11H9BrN4S/c12-9-2-1-8(17-9)6-16-11-10(14)7(5-13)3-4-15-11/h1-4H,6,14H2,(H,15,16). The van der Waals surface area contributed by atoms with Gasteiger partial charge < -0.3 is 11.1 Å². The zero-order valence-electron chi connectivity index (χ0n) is 8.77. The maximum Gasteiger partial charge on any atom is 0.150 e. The number of anilines is 2. The van der Waals surface area contributed by atoms with Crippen LogP contribution in [-0.2, 0) is 6.54 Å². The monoisotopic (exact) mass is 308 g/mol. The van der Waals surface area contributed by atoms with Gasteiger partial charge in [0.25, 0.3) is 0 Å². The summed E-state index contributed by atoms with van der Waals surface area (Å²) in [5.74, 6) is 0.550. The normalized spacial score (nSPS) is 9.88. The summed E-state index contributed by atoms with van der Waals surface area (Å²) >= 11 is 5.05. The van der Waals surface area contributed by atoms with Gasteiger partial charge in [0, 0.05) is 11.1 Å². The van der Waals surface area contributed by atoms with Crippen LogP contribution in [0.25, 0.3) is 0 Å². The third-order valence-electron chi connectivity index (χ3n) is 2.17. The Bertz CT molecular complexity index is 573. The number of nitrogen functional groups attached to an aromatic ring is 1. The summed E-state index contributed by atoms with van der Waals surface area (Å²) in [4.78, 5) is 5.28. The van der Waals surface area contributed by atoms with E-state index in [2.05, 4.69) is 26.2 Å². The van der Waals surface area contributed by atoms with Crippen molar-refractivity contribution in [3.63, 3.8) is 0 Å². The predicted molar refractivity (Wildman–Crippen MR) is 72.7 cm³/mol. The number of nitrogens with zero attached hydrogens (tertiary/aromatic N) is 2. The minimum Gasteiger partial charge on any atom is -0.395 e. The van der Waals surface area contributed by atoms with E-state index in [1.165, 1.54) is 4.88 Å². The Morgan fingerprint density at radius 3 is 2.94 bits per heavy atom. The lowest BCUT2D eigenvalue weighted by molar-refractivity contribution is 1.14. The number of rotatable bonds is 3. The van der Waals surface area contributed by atoms with Gasteiger partial charge in [0.1, 0.15) is 6.07 Å². The molecule has 0 fully saturated rings. The van der Waals surface area contributed by atoms with Crippen molar-refractivity contribution >= 4 is 38.8 Å². The van der Waals surface area contributed by atoms with Crippen molar-refractivity contribution in [3.05, 3.63) is 38.6 Å². The van der Waals surface area contributed by atoms with Crippen molar-refractivity contribution < 1.29 is 0 Å². The summed E-state index contributed by atoms with van der Waals surface area (Å²) in [6.07, 6.45) is 1.57. The number of hydrogen-bond donors (Lipinski definition) is 2. The predicted octanol–water partition coefficient (Wildman–Crippen LogP) is 2.97. The van der Waals surface area contributed by atoms with E-state index in [-0.39, 0.29) is 0 Å². The van der Waals surface area contributed by atoms with Crippen LogP contribution in [0.15, 0.2) is 28.2 Å².